The van der Waals surface area contributed by atoms with Gasteiger partial charge >= 0.3 is 0 Å². The summed E-state index contributed by atoms with van der Waals surface area (Å²) in [7, 11) is 0. The number of fused-ring (bicyclic) bond motifs is 1. The van der Waals surface area contributed by atoms with Crippen LogP contribution in [-0.2, 0) is 9.59 Å². The lowest BCUT2D eigenvalue weighted by atomic mass is 9.92. The summed E-state index contributed by atoms with van der Waals surface area (Å²) in [5, 5.41) is 3.02. The first kappa shape index (κ1) is 25.0. The number of likely N-dealkylation sites (tertiary alicyclic amines) is 1. The zero-order valence-corrected chi connectivity index (χ0v) is 22.2. The third kappa shape index (κ3) is 6.52. The topological polar surface area (TPSA) is 52.7 Å². The lowest BCUT2D eigenvalue weighted by Crippen LogP contribution is -2.43. The Morgan fingerprint density at radius 2 is 1.91 bits per heavy atom. The molecule has 2 aliphatic heterocycles. The highest BCUT2D eigenvalue weighted by Crippen LogP contribution is 2.42. The quantitative estimate of drug-likeness (QED) is 0.376. The first-order valence-corrected chi connectivity index (χ1v) is 13.5. The number of carbonyl (C=O) groups is 2. The number of halogens is 1. The van der Waals surface area contributed by atoms with E-state index in [1.54, 1.807) is 4.90 Å². The van der Waals surface area contributed by atoms with Crippen LogP contribution in [0.1, 0.15) is 32.3 Å². The van der Waals surface area contributed by atoms with Crippen LogP contribution in [0, 0.1) is 11.8 Å². The number of carbonyl (C=O) groups excluding carboxylic acids is 2. The standard InChI is InChI=1S/C27H32BrN3O2S/c1-19-13-20(2)17-30(16-19)12-6-11-29-26(32)18-31-23-9-3-4-10-24(23)34-25(27(31)33)15-21-7-5-8-22(28)14-21/h3-5,7-10,14-15,19-20H,6,11-13,16-18H2,1-2H3,(H,29,32)/b25-15+/t19-,20+. The second-order valence-corrected chi connectivity index (χ2v) is 11.4. The molecule has 0 aliphatic carbocycles. The molecule has 0 spiro atoms. The summed E-state index contributed by atoms with van der Waals surface area (Å²) in [6.07, 6.45) is 4.10. The van der Waals surface area contributed by atoms with E-state index < -0.39 is 0 Å². The van der Waals surface area contributed by atoms with Crippen LogP contribution in [0.15, 0.2) is 62.8 Å². The largest absolute Gasteiger partial charge is 0.355 e. The maximum atomic E-state index is 13.3. The summed E-state index contributed by atoms with van der Waals surface area (Å²) >= 11 is 4.94. The molecule has 0 aromatic heterocycles. The average Bonchev–Trinajstić information content (AvgIpc) is 2.79. The Kier molecular flexibility index (Phi) is 8.51. The molecule has 2 atom stereocenters. The highest BCUT2D eigenvalue weighted by atomic mass is 79.9. The van der Waals surface area contributed by atoms with Crippen LogP contribution in [0.3, 0.4) is 0 Å². The molecule has 2 heterocycles. The van der Waals surface area contributed by atoms with Crippen molar-refractivity contribution in [1.82, 2.24) is 10.2 Å². The zero-order chi connectivity index (χ0) is 24.1. The number of hydrogen-bond donors (Lipinski definition) is 1. The number of para-hydroxylation sites is 1. The molecule has 7 heteroatoms. The zero-order valence-electron chi connectivity index (χ0n) is 19.8. The Balaban J connectivity index is 1.38. The van der Waals surface area contributed by atoms with E-state index in [4.69, 9.17) is 0 Å². The van der Waals surface area contributed by atoms with Gasteiger partial charge in [-0.15, -0.1) is 0 Å². The average molecular weight is 543 g/mol. The molecule has 1 N–H and O–H groups in total. The minimum absolute atomic E-state index is 0.0179. The fourth-order valence-electron chi connectivity index (χ4n) is 4.87. The summed E-state index contributed by atoms with van der Waals surface area (Å²) in [5.41, 5.74) is 1.73. The summed E-state index contributed by atoms with van der Waals surface area (Å²) < 4.78 is 0.959. The molecule has 2 amide bonds. The SMILES string of the molecule is C[C@@H]1C[C@H](C)CN(CCCNC(=O)CN2C(=O)/C(=C\c3cccc(Br)c3)Sc3ccccc32)C1. The molecular weight excluding hydrogens is 510 g/mol. The Labute approximate surface area is 215 Å². The van der Waals surface area contributed by atoms with E-state index in [-0.39, 0.29) is 18.4 Å². The van der Waals surface area contributed by atoms with Gasteiger partial charge in [-0.3, -0.25) is 14.5 Å². The van der Waals surface area contributed by atoms with Crippen molar-refractivity contribution in [2.24, 2.45) is 11.8 Å². The Bertz CT molecular complexity index is 1060. The van der Waals surface area contributed by atoms with Gasteiger partial charge in [-0.25, -0.2) is 0 Å². The highest BCUT2D eigenvalue weighted by Gasteiger charge is 2.30. The van der Waals surface area contributed by atoms with E-state index in [0.29, 0.717) is 11.4 Å². The van der Waals surface area contributed by atoms with Crippen LogP contribution < -0.4 is 10.2 Å². The molecule has 0 saturated carbocycles. The van der Waals surface area contributed by atoms with Gasteiger partial charge in [-0.1, -0.05) is 65.8 Å². The Hall–Kier alpha value is -2.09. The van der Waals surface area contributed by atoms with Crippen molar-refractivity contribution in [3.63, 3.8) is 0 Å². The van der Waals surface area contributed by atoms with Crippen molar-refractivity contribution < 1.29 is 9.59 Å². The van der Waals surface area contributed by atoms with Crippen LogP contribution in [-0.4, -0.2) is 49.4 Å². The lowest BCUT2D eigenvalue weighted by Gasteiger charge is -2.35. The fraction of sp³-hybridized carbons (Fsp3) is 0.407. The van der Waals surface area contributed by atoms with Gasteiger partial charge in [0.15, 0.2) is 0 Å². The van der Waals surface area contributed by atoms with E-state index in [2.05, 4.69) is 40.0 Å². The van der Waals surface area contributed by atoms with E-state index in [1.165, 1.54) is 18.2 Å². The van der Waals surface area contributed by atoms with Gasteiger partial charge < -0.3 is 10.2 Å². The Morgan fingerprint density at radius 3 is 2.68 bits per heavy atom. The molecule has 5 nitrogen and oxygen atoms in total. The fourth-order valence-corrected chi connectivity index (χ4v) is 6.35. The van der Waals surface area contributed by atoms with E-state index >= 15 is 0 Å². The number of nitrogens with zero attached hydrogens (tertiary/aromatic N) is 2. The van der Waals surface area contributed by atoms with Gasteiger partial charge in [0.05, 0.1) is 10.6 Å². The van der Waals surface area contributed by atoms with Crippen LogP contribution in [0.2, 0.25) is 0 Å². The van der Waals surface area contributed by atoms with Crippen LogP contribution in [0.25, 0.3) is 6.08 Å². The van der Waals surface area contributed by atoms with Gasteiger partial charge in [0.25, 0.3) is 5.91 Å². The predicted octanol–water partition coefficient (Wildman–Crippen LogP) is 5.41. The van der Waals surface area contributed by atoms with E-state index in [9.17, 15) is 9.59 Å². The molecule has 0 unspecified atom stereocenters. The molecule has 34 heavy (non-hydrogen) atoms. The molecule has 1 saturated heterocycles. The van der Waals surface area contributed by atoms with Gasteiger partial charge in [-0.2, -0.15) is 0 Å². The van der Waals surface area contributed by atoms with Crippen LogP contribution in [0.5, 0.6) is 0 Å². The third-order valence-electron chi connectivity index (χ3n) is 6.20. The molecular formula is C27H32BrN3O2S. The number of rotatable bonds is 7. The van der Waals surface area contributed by atoms with Crippen molar-refractivity contribution in [3.05, 3.63) is 63.5 Å². The summed E-state index contributed by atoms with van der Waals surface area (Å²) in [6, 6.07) is 15.6. The number of hydrogen-bond acceptors (Lipinski definition) is 4. The maximum Gasteiger partial charge on any atom is 0.265 e. The van der Waals surface area contributed by atoms with Crippen molar-refractivity contribution in [2.75, 3.05) is 37.6 Å². The molecule has 0 bridgehead atoms. The minimum Gasteiger partial charge on any atom is -0.355 e. The van der Waals surface area contributed by atoms with Crippen molar-refractivity contribution in [3.8, 4) is 0 Å². The number of piperidine rings is 1. The first-order valence-electron chi connectivity index (χ1n) is 11.9. The second kappa shape index (κ2) is 11.6. The molecule has 180 valence electrons. The molecule has 4 rings (SSSR count). The molecule has 2 aliphatic rings. The molecule has 0 radical (unpaired) electrons. The number of thioether (sulfide) groups is 1. The smallest absolute Gasteiger partial charge is 0.265 e. The van der Waals surface area contributed by atoms with E-state index in [1.807, 2.05) is 54.6 Å². The highest BCUT2D eigenvalue weighted by molar-refractivity contribution is 9.10. The minimum atomic E-state index is -0.143. The van der Waals surface area contributed by atoms with Gasteiger partial charge in [0.2, 0.25) is 5.91 Å². The maximum absolute atomic E-state index is 13.3. The number of nitrogens with one attached hydrogen (secondary N) is 1. The normalized spacial score (nSPS) is 22.0. The number of benzene rings is 2. The van der Waals surface area contributed by atoms with Crippen LogP contribution in [0.4, 0.5) is 5.69 Å². The number of anilines is 1. The van der Waals surface area contributed by atoms with E-state index in [0.717, 1.165) is 58.5 Å². The van der Waals surface area contributed by atoms with Crippen molar-refractivity contribution in [1.29, 1.82) is 0 Å². The monoisotopic (exact) mass is 541 g/mol. The second-order valence-electron chi connectivity index (χ2n) is 9.43. The van der Waals surface area contributed by atoms with Crippen molar-refractivity contribution in [2.45, 2.75) is 31.6 Å². The summed E-state index contributed by atoms with van der Waals surface area (Å²) in [6.45, 7) is 8.55. The summed E-state index contributed by atoms with van der Waals surface area (Å²) in [4.78, 5) is 31.8. The van der Waals surface area contributed by atoms with Crippen LogP contribution >= 0.6 is 27.7 Å². The third-order valence-corrected chi connectivity index (χ3v) is 7.77. The molecule has 2 aromatic carbocycles. The molecule has 2 aromatic rings. The van der Waals surface area contributed by atoms with Gasteiger partial charge in [0.1, 0.15) is 6.54 Å². The number of amides is 2. The van der Waals surface area contributed by atoms with Crippen molar-refractivity contribution >= 4 is 51.3 Å². The summed E-state index contributed by atoms with van der Waals surface area (Å²) in [5.74, 6) is 1.20. The molecule has 1 fully saturated rings. The van der Waals surface area contributed by atoms with Gasteiger partial charge in [0, 0.05) is 29.0 Å². The lowest BCUT2D eigenvalue weighted by molar-refractivity contribution is -0.122. The Morgan fingerprint density at radius 1 is 1.15 bits per heavy atom. The van der Waals surface area contributed by atoms with Gasteiger partial charge in [-0.05, 0) is 67.1 Å². The predicted molar refractivity (Wildman–Crippen MR) is 144 cm³/mol. The first-order chi connectivity index (χ1) is 16.4.